The summed E-state index contributed by atoms with van der Waals surface area (Å²) in [6.45, 7) is 1.82. The van der Waals surface area contributed by atoms with Gasteiger partial charge in [0.2, 0.25) is 0 Å². The molecular weight excluding hydrogens is 315 g/mol. The predicted octanol–water partition coefficient (Wildman–Crippen LogP) is 5.87. The number of halogens is 3. The minimum absolute atomic E-state index is 0.347. The summed E-state index contributed by atoms with van der Waals surface area (Å²) in [5.41, 5.74) is 0.980. The molecule has 0 amide bonds. The molecule has 24 heavy (non-hydrogen) atoms. The van der Waals surface area contributed by atoms with Crippen LogP contribution in [0.2, 0.25) is 0 Å². The zero-order chi connectivity index (χ0) is 17.2. The van der Waals surface area contributed by atoms with E-state index in [1.165, 1.54) is 6.07 Å². The maximum absolute atomic E-state index is 13.0. The van der Waals surface area contributed by atoms with Crippen LogP contribution in [0.25, 0.3) is 11.1 Å². The number of aryl methyl sites for hydroxylation is 1. The summed E-state index contributed by atoms with van der Waals surface area (Å²) in [5, 5.41) is 0. The Balaban J connectivity index is 2.09. The van der Waals surface area contributed by atoms with Gasteiger partial charge in [-0.25, -0.2) is 0 Å². The lowest BCUT2D eigenvalue weighted by Crippen LogP contribution is -2.05. The number of benzene rings is 2. The van der Waals surface area contributed by atoms with Crippen LogP contribution < -0.4 is 4.74 Å². The van der Waals surface area contributed by atoms with Crippen LogP contribution in [0.1, 0.15) is 11.3 Å². The van der Waals surface area contributed by atoms with Gasteiger partial charge in [0.1, 0.15) is 11.5 Å². The topological polar surface area (TPSA) is 22.1 Å². The van der Waals surface area contributed by atoms with E-state index in [-0.39, 0.29) is 0 Å². The van der Waals surface area contributed by atoms with E-state index in [1.807, 2.05) is 13.0 Å². The molecule has 1 heterocycles. The predicted molar refractivity (Wildman–Crippen MR) is 85.9 cm³/mol. The fraction of sp³-hybridized carbons (Fsp3) is 0.105. The van der Waals surface area contributed by atoms with Gasteiger partial charge in [0.05, 0.1) is 5.56 Å². The summed E-state index contributed by atoms with van der Waals surface area (Å²) in [5.74, 6) is 0.901. The van der Waals surface area contributed by atoms with Gasteiger partial charge < -0.3 is 4.74 Å². The average molecular weight is 329 g/mol. The first-order chi connectivity index (χ1) is 11.4. The van der Waals surface area contributed by atoms with Crippen molar-refractivity contribution in [1.82, 2.24) is 4.98 Å². The molecule has 0 radical (unpaired) electrons. The summed E-state index contributed by atoms with van der Waals surface area (Å²) >= 11 is 0. The van der Waals surface area contributed by atoms with Crippen molar-refractivity contribution in [2.24, 2.45) is 0 Å². The second-order valence-electron chi connectivity index (χ2n) is 5.31. The third-order valence-corrected chi connectivity index (χ3v) is 3.50. The van der Waals surface area contributed by atoms with E-state index < -0.39 is 11.7 Å². The first-order valence-electron chi connectivity index (χ1n) is 7.31. The zero-order valence-electron chi connectivity index (χ0n) is 12.8. The van der Waals surface area contributed by atoms with Crippen LogP contribution >= 0.6 is 0 Å². The normalized spacial score (nSPS) is 11.3. The molecule has 0 aliphatic carbocycles. The quantitative estimate of drug-likeness (QED) is 0.599. The highest BCUT2D eigenvalue weighted by Gasteiger charge is 2.31. The molecule has 0 saturated carbocycles. The first kappa shape index (κ1) is 16.1. The van der Waals surface area contributed by atoms with Crippen LogP contribution in [-0.4, -0.2) is 4.98 Å². The fourth-order valence-electron chi connectivity index (χ4n) is 2.26. The van der Waals surface area contributed by atoms with Gasteiger partial charge in [-0.15, -0.1) is 0 Å². The number of ether oxygens (including phenoxy) is 1. The highest BCUT2D eigenvalue weighted by molar-refractivity contribution is 5.71. The summed E-state index contributed by atoms with van der Waals surface area (Å²) in [4.78, 5) is 4.16. The highest BCUT2D eigenvalue weighted by atomic mass is 19.4. The Morgan fingerprint density at radius 1 is 0.917 bits per heavy atom. The molecule has 0 aliphatic heterocycles. The number of pyridine rings is 1. The number of hydrogen-bond acceptors (Lipinski definition) is 2. The van der Waals surface area contributed by atoms with Crippen LogP contribution in [0.5, 0.6) is 11.5 Å². The van der Waals surface area contributed by atoms with Crippen LogP contribution in [0.4, 0.5) is 13.2 Å². The largest absolute Gasteiger partial charge is 0.457 e. The van der Waals surface area contributed by atoms with E-state index >= 15 is 0 Å². The summed E-state index contributed by atoms with van der Waals surface area (Å²) < 4.78 is 44.9. The van der Waals surface area contributed by atoms with Crippen molar-refractivity contribution in [2.45, 2.75) is 13.1 Å². The zero-order valence-corrected chi connectivity index (χ0v) is 12.8. The van der Waals surface area contributed by atoms with E-state index in [0.717, 1.165) is 17.8 Å². The molecular formula is C19H14F3NO. The van der Waals surface area contributed by atoms with Crippen LogP contribution in [0, 0.1) is 6.92 Å². The second kappa shape index (κ2) is 6.35. The molecule has 0 unspecified atom stereocenters. The van der Waals surface area contributed by atoms with Gasteiger partial charge in [-0.2, -0.15) is 13.2 Å². The van der Waals surface area contributed by atoms with Crippen molar-refractivity contribution in [3.05, 3.63) is 78.1 Å². The standard InChI is InChI=1S/C19H14F3NO/c1-13-7-8-14(12-23-13)17-11-15(19(20,21)22)9-10-18(17)24-16-5-3-2-4-6-16/h2-12H,1H3. The molecule has 3 rings (SSSR count). The van der Waals surface area contributed by atoms with Crippen LogP contribution in [0.15, 0.2) is 66.9 Å². The highest BCUT2D eigenvalue weighted by Crippen LogP contribution is 2.38. The van der Waals surface area contributed by atoms with E-state index in [2.05, 4.69) is 4.98 Å². The van der Waals surface area contributed by atoms with Crippen LogP contribution in [0.3, 0.4) is 0 Å². The molecule has 0 fully saturated rings. The molecule has 0 aliphatic rings. The van der Waals surface area contributed by atoms with Gasteiger partial charge in [0.25, 0.3) is 0 Å². The van der Waals surface area contributed by atoms with Crippen molar-refractivity contribution in [3.63, 3.8) is 0 Å². The van der Waals surface area contributed by atoms with E-state index in [4.69, 9.17) is 4.74 Å². The second-order valence-corrected chi connectivity index (χ2v) is 5.31. The Morgan fingerprint density at radius 3 is 2.29 bits per heavy atom. The first-order valence-corrected chi connectivity index (χ1v) is 7.31. The third-order valence-electron chi connectivity index (χ3n) is 3.50. The van der Waals surface area contributed by atoms with Crippen molar-refractivity contribution in [3.8, 4) is 22.6 Å². The number of hydrogen-bond donors (Lipinski definition) is 0. The van der Waals surface area contributed by atoms with E-state index in [0.29, 0.717) is 22.6 Å². The number of nitrogens with zero attached hydrogens (tertiary/aromatic N) is 1. The lowest BCUT2D eigenvalue weighted by molar-refractivity contribution is -0.137. The SMILES string of the molecule is Cc1ccc(-c2cc(C(F)(F)F)ccc2Oc2ccccc2)cn1. The van der Waals surface area contributed by atoms with Crippen molar-refractivity contribution < 1.29 is 17.9 Å². The fourth-order valence-corrected chi connectivity index (χ4v) is 2.26. The Labute approximate surface area is 137 Å². The molecule has 122 valence electrons. The Kier molecular flexibility index (Phi) is 4.25. The Morgan fingerprint density at radius 2 is 1.67 bits per heavy atom. The van der Waals surface area contributed by atoms with Crippen molar-refractivity contribution in [1.29, 1.82) is 0 Å². The van der Waals surface area contributed by atoms with Gasteiger partial charge in [-0.3, -0.25) is 4.98 Å². The third kappa shape index (κ3) is 3.56. The summed E-state index contributed by atoms with van der Waals surface area (Å²) in [7, 11) is 0. The Hall–Kier alpha value is -2.82. The van der Waals surface area contributed by atoms with Gasteiger partial charge in [0, 0.05) is 23.0 Å². The van der Waals surface area contributed by atoms with Crippen molar-refractivity contribution >= 4 is 0 Å². The number of para-hydroxylation sites is 1. The lowest BCUT2D eigenvalue weighted by atomic mass is 10.0. The monoisotopic (exact) mass is 329 g/mol. The maximum Gasteiger partial charge on any atom is 0.416 e. The molecule has 0 spiro atoms. The molecule has 1 aromatic heterocycles. The number of alkyl halides is 3. The summed E-state index contributed by atoms with van der Waals surface area (Å²) in [6.07, 6.45) is -2.87. The van der Waals surface area contributed by atoms with E-state index in [1.54, 1.807) is 42.6 Å². The maximum atomic E-state index is 13.0. The Bertz CT molecular complexity index is 827. The van der Waals surface area contributed by atoms with E-state index in [9.17, 15) is 13.2 Å². The van der Waals surface area contributed by atoms with Gasteiger partial charge >= 0.3 is 6.18 Å². The number of aromatic nitrogens is 1. The average Bonchev–Trinajstić information content (AvgIpc) is 2.56. The smallest absolute Gasteiger partial charge is 0.416 e. The molecule has 0 atom stereocenters. The van der Waals surface area contributed by atoms with Gasteiger partial charge in [0.15, 0.2) is 0 Å². The van der Waals surface area contributed by atoms with Gasteiger partial charge in [-0.1, -0.05) is 24.3 Å². The van der Waals surface area contributed by atoms with Crippen molar-refractivity contribution in [2.75, 3.05) is 0 Å². The molecule has 0 N–H and O–H groups in total. The minimum Gasteiger partial charge on any atom is -0.457 e. The molecule has 2 nitrogen and oxygen atoms in total. The molecule has 0 saturated heterocycles. The molecule has 0 bridgehead atoms. The molecule has 2 aromatic carbocycles. The number of rotatable bonds is 3. The van der Waals surface area contributed by atoms with Gasteiger partial charge in [-0.05, 0) is 43.3 Å². The molecule has 3 aromatic rings. The molecule has 5 heteroatoms. The minimum atomic E-state index is -4.42. The summed E-state index contributed by atoms with van der Waals surface area (Å²) in [6, 6.07) is 15.9. The van der Waals surface area contributed by atoms with Crippen LogP contribution in [-0.2, 0) is 6.18 Å². The lowest BCUT2D eigenvalue weighted by Gasteiger charge is -2.14.